The lowest BCUT2D eigenvalue weighted by Gasteiger charge is -2.13. The molecule has 0 aromatic heterocycles. The van der Waals surface area contributed by atoms with Crippen LogP contribution >= 0.6 is 0 Å². The highest BCUT2D eigenvalue weighted by Gasteiger charge is 2.39. The molecule has 1 aliphatic heterocycles. The van der Waals surface area contributed by atoms with Gasteiger partial charge in [0.15, 0.2) is 0 Å². The highest BCUT2D eigenvalue weighted by Crippen LogP contribution is 2.24. The topological polar surface area (TPSA) is 63.7 Å². The van der Waals surface area contributed by atoms with Crippen LogP contribution in [-0.4, -0.2) is 22.8 Å². The maximum atomic E-state index is 13.8. The number of hydrogen-bond acceptors (Lipinski definition) is 4. The minimum atomic E-state index is -1.34. The second-order valence-corrected chi connectivity index (χ2v) is 4.91. The maximum Gasteiger partial charge on any atom is 0.367 e. The third-order valence-electron chi connectivity index (χ3n) is 3.40. The highest BCUT2D eigenvalue weighted by molar-refractivity contribution is 6.21. The lowest BCUT2D eigenvalue weighted by Crippen LogP contribution is -2.33. The number of fused-ring (bicyclic) bond motifs is 1. The summed E-state index contributed by atoms with van der Waals surface area (Å²) in [6.45, 7) is 1.33. The molecule has 3 rings (SSSR count). The number of amides is 2. The van der Waals surface area contributed by atoms with Crippen molar-refractivity contribution in [3.63, 3.8) is 0 Å². The van der Waals surface area contributed by atoms with Gasteiger partial charge in [-0.3, -0.25) is 9.59 Å². The molecule has 5 nitrogen and oxygen atoms in total. The Hall–Kier alpha value is -3.09. The smallest absolute Gasteiger partial charge is 0.324 e. The lowest BCUT2D eigenvalue weighted by molar-refractivity contribution is -0.0587. The maximum absolute atomic E-state index is 13.8. The average Bonchev–Trinajstić information content (AvgIpc) is 2.76. The van der Waals surface area contributed by atoms with Crippen LogP contribution in [0.5, 0.6) is 0 Å². The quantitative estimate of drug-likeness (QED) is 0.799. The Bertz CT molecular complexity index is 828. The van der Waals surface area contributed by atoms with Gasteiger partial charge >= 0.3 is 5.97 Å². The first-order valence-corrected chi connectivity index (χ1v) is 6.56. The summed E-state index contributed by atoms with van der Waals surface area (Å²) in [5.41, 5.74) is -0.550. The Balaban J connectivity index is 1.89. The summed E-state index contributed by atoms with van der Waals surface area (Å²) in [6, 6.07) is 7.37. The molecular formula is C16H9F2NO4. The summed E-state index contributed by atoms with van der Waals surface area (Å²) in [7, 11) is 0. The zero-order valence-electron chi connectivity index (χ0n) is 11.8. The van der Waals surface area contributed by atoms with Crippen molar-refractivity contribution in [1.29, 1.82) is 0 Å². The van der Waals surface area contributed by atoms with Crippen LogP contribution in [0, 0.1) is 18.6 Å². The van der Waals surface area contributed by atoms with E-state index in [9.17, 15) is 23.2 Å². The van der Waals surface area contributed by atoms with Crippen molar-refractivity contribution in [2.45, 2.75) is 6.92 Å². The zero-order valence-corrected chi connectivity index (χ0v) is 11.8. The molecule has 0 bridgehead atoms. The Kier molecular flexibility index (Phi) is 3.40. The summed E-state index contributed by atoms with van der Waals surface area (Å²) in [4.78, 5) is 40.7. The first-order valence-electron chi connectivity index (χ1n) is 6.56. The summed E-state index contributed by atoms with van der Waals surface area (Å²) < 4.78 is 27.2. The molecule has 0 saturated heterocycles. The SMILES string of the molecule is Cc1cc(F)c(C(=O)ON2C(=O)c3ccccc3C2=O)cc1F. The van der Waals surface area contributed by atoms with Gasteiger partial charge in [-0.25, -0.2) is 13.6 Å². The first kappa shape index (κ1) is 14.8. The van der Waals surface area contributed by atoms with E-state index in [2.05, 4.69) is 4.84 Å². The number of hydrogen-bond donors (Lipinski definition) is 0. The summed E-state index contributed by atoms with van der Waals surface area (Å²) in [5.74, 6) is -4.83. The molecule has 0 spiro atoms. The van der Waals surface area contributed by atoms with Crippen molar-refractivity contribution in [2.75, 3.05) is 0 Å². The predicted octanol–water partition coefficient (Wildman–Crippen LogP) is 2.64. The van der Waals surface area contributed by atoms with Crippen LogP contribution in [-0.2, 0) is 4.84 Å². The van der Waals surface area contributed by atoms with Crippen molar-refractivity contribution in [1.82, 2.24) is 5.06 Å². The Morgan fingerprint density at radius 3 is 2.13 bits per heavy atom. The van der Waals surface area contributed by atoms with Crippen molar-refractivity contribution >= 4 is 17.8 Å². The second-order valence-electron chi connectivity index (χ2n) is 4.91. The molecule has 2 amide bonds. The van der Waals surface area contributed by atoms with E-state index in [4.69, 9.17) is 0 Å². The lowest BCUT2D eigenvalue weighted by atomic mass is 10.1. The van der Waals surface area contributed by atoms with Crippen molar-refractivity contribution < 1.29 is 28.0 Å². The van der Waals surface area contributed by atoms with Gasteiger partial charge in [-0.15, -0.1) is 0 Å². The minimum Gasteiger partial charge on any atom is -0.324 e. The van der Waals surface area contributed by atoms with Gasteiger partial charge in [-0.1, -0.05) is 17.2 Å². The van der Waals surface area contributed by atoms with E-state index in [0.29, 0.717) is 6.07 Å². The van der Waals surface area contributed by atoms with Gasteiger partial charge in [0.1, 0.15) is 17.2 Å². The second kappa shape index (κ2) is 5.28. The molecule has 0 radical (unpaired) electrons. The van der Waals surface area contributed by atoms with Crippen LogP contribution in [0.4, 0.5) is 8.78 Å². The molecule has 0 N–H and O–H groups in total. The number of imide groups is 1. The molecule has 1 aliphatic rings. The molecular weight excluding hydrogens is 308 g/mol. The monoisotopic (exact) mass is 317 g/mol. The summed E-state index contributed by atoms with van der Waals surface area (Å²) in [6.07, 6.45) is 0. The molecule has 1 heterocycles. The molecule has 2 aromatic rings. The Labute approximate surface area is 129 Å². The zero-order chi connectivity index (χ0) is 16.7. The van der Waals surface area contributed by atoms with Gasteiger partial charge < -0.3 is 4.84 Å². The molecule has 7 heteroatoms. The van der Waals surface area contributed by atoms with Crippen LogP contribution in [0.1, 0.15) is 36.6 Å². The minimum absolute atomic E-state index is 0.0137. The van der Waals surface area contributed by atoms with Gasteiger partial charge in [0, 0.05) is 0 Å². The van der Waals surface area contributed by atoms with E-state index < -0.39 is 35.0 Å². The number of hydroxylamine groups is 2. The van der Waals surface area contributed by atoms with Crippen LogP contribution in [0.3, 0.4) is 0 Å². The van der Waals surface area contributed by atoms with E-state index in [-0.39, 0.29) is 21.8 Å². The molecule has 116 valence electrons. The van der Waals surface area contributed by atoms with E-state index in [1.165, 1.54) is 19.1 Å². The van der Waals surface area contributed by atoms with Crippen molar-refractivity contribution in [3.05, 3.63) is 70.3 Å². The van der Waals surface area contributed by atoms with Crippen LogP contribution in [0.2, 0.25) is 0 Å². The largest absolute Gasteiger partial charge is 0.367 e. The standard InChI is InChI=1S/C16H9F2NO4/c1-8-6-13(18)11(7-12(8)17)16(22)23-19-14(20)9-4-2-3-5-10(9)15(19)21/h2-7H,1H3. The number of carbonyl (C=O) groups excluding carboxylic acids is 3. The van der Waals surface area contributed by atoms with E-state index in [1.54, 1.807) is 12.1 Å². The molecule has 2 aromatic carbocycles. The number of carbonyl (C=O) groups is 3. The van der Waals surface area contributed by atoms with E-state index in [1.807, 2.05) is 0 Å². The summed E-state index contributed by atoms with van der Waals surface area (Å²) in [5, 5.41) is 0.240. The molecule has 23 heavy (non-hydrogen) atoms. The van der Waals surface area contributed by atoms with Crippen molar-refractivity contribution in [3.8, 4) is 0 Å². The van der Waals surface area contributed by atoms with E-state index in [0.717, 1.165) is 6.07 Å². The van der Waals surface area contributed by atoms with Crippen LogP contribution in [0.15, 0.2) is 36.4 Å². The van der Waals surface area contributed by atoms with Gasteiger partial charge in [0.05, 0.1) is 11.1 Å². The average molecular weight is 317 g/mol. The fourth-order valence-corrected chi connectivity index (χ4v) is 2.18. The molecule has 0 aliphatic carbocycles. The van der Waals surface area contributed by atoms with Crippen molar-refractivity contribution in [2.24, 2.45) is 0 Å². The number of aryl methyl sites for hydroxylation is 1. The molecule has 0 unspecified atom stereocenters. The molecule has 0 atom stereocenters. The molecule has 0 saturated carbocycles. The summed E-state index contributed by atoms with van der Waals surface area (Å²) >= 11 is 0. The fraction of sp³-hybridized carbons (Fsp3) is 0.0625. The van der Waals surface area contributed by atoms with E-state index >= 15 is 0 Å². The predicted molar refractivity (Wildman–Crippen MR) is 73.5 cm³/mol. The third-order valence-corrected chi connectivity index (χ3v) is 3.40. The normalized spacial score (nSPS) is 13.3. The van der Waals surface area contributed by atoms with Crippen LogP contribution in [0.25, 0.3) is 0 Å². The Morgan fingerprint density at radius 2 is 1.57 bits per heavy atom. The first-order chi connectivity index (χ1) is 10.9. The van der Waals surface area contributed by atoms with Gasteiger partial charge in [-0.2, -0.15) is 0 Å². The highest BCUT2D eigenvalue weighted by atomic mass is 19.1. The number of halogens is 2. The van der Waals surface area contributed by atoms with Crippen LogP contribution < -0.4 is 0 Å². The fourth-order valence-electron chi connectivity index (χ4n) is 2.18. The third kappa shape index (κ3) is 2.36. The number of benzene rings is 2. The van der Waals surface area contributed by atoms with Gasteiger partial charge in [-0.05, 0) is 36.8 Å². The molecule has 0 fully saturated rings. The van der Waals surface area contributed by atoms with Gasteiger partial charge in [0.25, 0.3) is 11.8 Å². The Morgan fingerprint density at radius 1 is 1.00 bits per heavy atom. The number of nitrogens with zero attached hydrogens (tertiary/aromatic N) is 1. The number of rotatable bonds is 2. The van der Waals surface area contributed by atoms with Gasteiger partial charge in [0.2, 0.25) is 0 Å².